The van der Waals surface area contributed by atoms with E-state index in [9.17, 15) is 0 Å². The van der Waals surface area contributed by atoms with Gasteiger partial charge in [-0.25, -0.2) is 4.98 Å². The third-order valence-electron chi connectivity index (χ3n) is 3.07. The molecule has 0 unspecified atom stereocenters. The lowest BCUT2D eigenvalue weighted by molar-refractivity contribution is 0.711. The summed E-state index contributed by atoms with van der Waals surface area (Å²) >= 11 is 0. The summed E-state index contributed by atoms with van der Waals surface area (Å²) in [6.45, 7) is 12.7. The van der Waals surface area contributed by atoms with Gasteiger partial charge in [-0.05, 0) is 44.5 Å². The van der Waals surface area contributed by atoms with Gasteiger partial charge in [-0.3, -0.25) is 0 Å². The maximum atomic E-state index is 4.66. The number of pyridine rings is 1. The molecule has 3 heteroatoms. The normalized spacial score (nSPS) is 10.7. The monoisotopic (exact) mass is 249 g/mol. The molecular weight excluding hydrogens is 222 g/mol. The molecule has 1 heterocycles. The summed E-state index contributed by atoms with van der Waals surface area (Å²) in [6.07, 6.45) is 2.46. The molecule has 0 saturated carbocycles. The highest BCUT2D eigenvalue weighted by molar-refractivity contribution is 5.42. The van der Waals surface area contributed by atoms with Gasteiger partial charge in [0, 0.05) is 25.3 Å². The van der Waals surface area contributed by atoms with E-state index in [1.807, 2.05) is 0 Å². The van der Waals surface area contributed by atoms with E-state index in [0.29, 0.717) is 0 Å². The Kier molecular flexibility index (Phi) is 6.73. The SMILES string of the molecule is CCCCN(CC)c1cc(CNCC)cc(C)n1. The minimum absolute atomic E-state index is 0.929. The largest absolute Gasteiger partial charge is 0.357 e. The van der Waals surface area contributed by atoms with Gasteiger partial charge in [0.15, 0.2) is 0 Å². The summed E-state index contributed by atoms with van der Waals surface area (Å²) in [5.41, 5.74) is 2.43. The fourth-order valence-electron chi connectivity index (χ4n) is 2.04. The number of aryl methyl sites for hydroxylation is 1. The Morgan fingerprint density at radius 2 is 2.00 bits per heavy atom. The Morgan fingerprint density at radius 3 is 2.61 bits per heavy atom. The first kappa shape index (κ1) is 15.0. The maximum absolute atomic E-state index is 4.66. The van der Waals surface area contributed by atoms with Crippen molar-refractivity contribution in [1.82, 2.24) is 10.3 Å². The number of unbranched alkanes of at least 4 members (excludes halogenated alkanes) is 1. The molecule has 0 saturated heterocycles. The smallest absolute Gasteiger partial charge is 0.129 e. The van der Waals surface area contributed by atoms with Gasteiger partial charge in [0.1, 0.15) is 5.82 Å². The maximum Gasteiger partial charge on any atom is 0.129 e. The molecule has 0 aromatic carbocycles. The van der Waals surface area contributed by atoms with Crippen molar-refractivity contribution in [1.29, 1.82) is 0 Å². The van der Waals surface area contributed by atoms with E-state index in [0.717, 1.165) is 37.7 Å². The molecule has 0 aliphatic rings. The van der Waals surface area contributed by atoms with Crippen LogP contribution in [0.3, 0.4) is 0 Å². The first-order chi connectivity index (χ1) is 8.71. The average molecular weight is 249 g/mol. The van der Waals surface area contributed by atoms with E-state index in [2.05, 4.69) is 55.0 Å². The molecule has 1 N–H and O–H groups in total. The summed E-state index contributed by atoms with van der Waals surface area (Å²) in [7, 11) is 0. The van der Waals surface area contributed by atoms with Crippen LogP contribution in [0.1, 0.15) is 44.9 Å². The molecule has 1 aromatic rings. The Labute approximate surface area is 112 Å². The van der Waals surface area contributed by atoms with Crippen LogP contribution in [0.5, 0.6) is 0 Å². The van der Waals surface area contributed by atoms with Crippen LogP contribution in [0, 0.1) is 6.92 Å². The summed E-state index contributed by atoms with van der Waals surface area (Å²) in [6, 6.07) is 4.38. The van der Waals surface area contributed by atoms with Gasteiger partial charge in [0.25, 0.3) is 0 Å². The van der Waals surface area contributed by atoms with Crippen molar-refractivity contribution in [2.45, 2.75) is 47.1 Å². The molecule has 1 rings (SSSR count). The average Bonchev–Trinajstić information content (AvgIpc) is 2.37. The van der Waals surface area contributed by atoms with Crippen molar-refractivity contribution in [2.75, 3.05) is 24.5 Å². The third-order valence-corrected chi connectivity index (χ3v) is 3.07. The van der Waals surface area contributed by atoms with Crippen molar-refractivity contribution < 1.29 is 0 Å². The van der Waals surface area contributed by atoms with Gasteiger partial charge < -0.3 is 10.2 Å². The van der Waals surface area contributed by atoms with E-state index < -0.39 is 0 Å². The van der Waals surface area contributed by atoms with E-state index in [1.165, 1.54) is 18.4 Å². The molecular formula is C15H27N3. The second-order valence-corrected chi connectivity index (χ2v) is 4.69. The number of nitrogens with zero attached hydrogens (tertiary/aromatic N) is 2. The van der Waals surface area contributed by atoms with Gasteiger partial charge in [-0.2, -0.15) is 0 Å². The number of nitrogens with one attached hydrogen (secondary N) is 1. The van der Waals surface area contributed by atoms with Crippen LogP contribution in [0.25, 0.3) is 0 Å². The zero-order valence-electron chi connectivity index (χ0n) is 12.3. The molecule has 0 aliphatic carbocycles. The van der Waals surface area contributed by atoms with Gasteiger partial charge in [0.2, 0.25) is 0 Å². The fraction of sp³-hybridized carbons (Fsp3) is 0.667. The van der Waals surface area contributed by atoms with Crippen LogP contribution in [0.15, 0.2) is 12.1 Å². The predicted octanol–water partition coefficient (Wildman–Crippen LogP) is 3.13. The number of hydrogen-bond donors (Lipinski definition) is 1. The highest BCUT2D eigenvalue weighted by atomic mass is 15.2. The zero-order valence-corrected chi connectivity index (χ0v) is 12.3. The Bertz CT molecular complexity index is 350. The lowest BCUT2D eigenvalue weighted by atomic mass is 10.2. The van der Waals surface area contributed by atoms with Crippen LogP contribution in [0.4, 0.5) is 5.82 Å². The van der Waals surface area contributed by atoms with Gasteiger partial charge >= 0.3 is 0 Å². The van der Waals surface area contributed by atoms with Crippen LogP contribution in [-0.2, 0) is 6.54 Å². The quantitative estimate of drug-likeness (QED) is 0.767. The van der Waals surface area contributed by atoms with Crippen LogP contribution >= 0.6 is 0 Å². The molecule has 1 aromatic heterocycles. The molecule has 0 radical (unpaired) electrons. The lowest BCUT2D eigenvalue weighted by Crippen LogP contribution is -2.25. The van der Waals surface area contributed by atoms with Crippen molar-refractivity contribution in [3.8, 4) is 0 Å². The molecule has 0 fully saturated rings. The lowest BCUT2D eigenvalue weighted by Gasteiger charge is -2.22. The minimum Gasteiger partial charge on any atom is -0.357 e. The summed E-state index contributed by atoms with van der Waals surface area (Å²) < 4.78 is 0. The fourth-order valence-corrected chi connectivity index (χ4v) is 2.04. The number of aromatic nitrogens is 1. The number of rotatable bonds is 8. The molecule has 0 spiro atoms. The summed E-state index contributed by atoms with van der Waals surface area (Å²) in [4.78, 5) is 7.03. The molecule has 3 nitrogen and oxygen atoms in total. The second kappa shape index (κ2) is 8.09. The van der Waals surface area contributed by atoms with Crippen molar-refractivity contribution in [2.24, 2.45) is 0 Å². The third kappa shape index (κ3) is 4.65. The highest BCUT2D eigenvalue weighted by Crippen LogP contribution is 2.15. The topological polar surface area (TPSA) is 28.2 Å². The van der Waals surface area contributed by atoms with Crippen LogP contribution < -0.4 is 10.2 Å². The van der Waals surface area contributed by atoms with E-state index in [4.69, 9.17) is 0 Å². The summed E-state index contributed by atoms with van der Waals surface area (Å²) in [5.74, 6) is 1.12. The Morgan fingerprint density at radius 1 is 1.22 bits per heavy atom. The van der Waals surface area contributed by atoms with E-state index in [-0.39, 0.29) is 0 Å². The molecule has 102 valence electrons. The van der Waals surface area contributed by atoms with Gasteiger partial charge in [-0.1, -0.05) is 20.3 Å². The van der Waals surface area contributed by atoms with Crippen molar-refractivity contribution in [3.05, 3.63) is 23.4 Å². The number of hydrogen-bond acceptors (Lipinski definition) is 3. The van der Waals surface area contributed by atoms with Crippen LogP contribution in [-0.4, -0.2) is 24.6 Å². The van der Waals surface area contributed by atoms with Crippen LogP contribution in [0.2, 0.25) is 0 Å². The predicted molar refractivity (Wildman–Crippen MR) is 79.1 cm³/mol. The van der Waals surface area contributed by atoms with E-state index >= 15 is 0 Å². The first-order valence-electron chi connectivity index (χ1n) is 7.14. The minimum atomic E-state index is 0.929. The second-order valence-electron chi connectivity index (χ2n) is 4.69. The Balaban J connectivity index is 2.81. The molecule has 0 bridgehead atoms. The molecule has 18 heavy (non-hydrogen) atoms. The molecule has 0 amide bonds. The van der Waals surface area contributed by atoms with Crippen molar-refractivity contribution >= 4 is 5.82 Å². The van der Waals surface area contributed by atoms with Gasteiger partial charge in [-0.15, -0.1) is 0 Å². The zero-order chi connectivity index (χ0) is 13.4. The standard InChI is InChI=1S/C15H27N3/c1-5-8-9-18(7-3)15-11-14(12-16-6-2)10-13(4)17-15/h10-11,16H,5-9,12H2,1-4H3. The van der Waals surface area contributed by atoms with E-state index in [1.54, 1.807) is 0 Å². The summed E-state index contributed by atoms with van der Waals surface area (Å²) in [5, 5.41) is 3.37. The first-order valence-corrected chi connectivity index (χ1v) is 7.14. The highest BCUT2D eigenvalue weighted by Gasteiger charge is 2.07. The van der Waals surface area contributed by atoms with Gasteiger partial charge in [0.05, 0.1) is 0 Å². The molecule has 0 aliphatic heterocycles. The Hall–Kier alpha value is -1.09. The van der Waals surface area contributed by atoms with Crippen molar-refractivity contribution in [3.63, 3.8) is 0 Å². The molecule has 0 atom stereocenters. The number of anilines is 1.